The molecule has 0 aromatic carbocycles. The summed E-state index contributed by atoms with van der Waals surface area (Å²) in [6.45, 7) is 0.349. The summed E-state index contributed by atoms with van der Waals surface area (Å²) in [5.41, 5.74) is 4.86. The topological polar surface area (TPSA) is 65.8 Å². The quantitative estimate of drug-likeness (QED) is 0.917. The Bertz CT molecular complexity index is 629. The van der Waals surface area contributed by atoms with Gasteiger partial charge in [-0.2, -0.15) is 18.3 Å². The number of rotatable bonds is 3. The number of hydrogen-bond acceptors (Lipinski definition) is 3. The van der Waals surface area contributed by atoms with Gasteiger partial charge in [0.2, 0.25) is 0 Å². The number of pyridine rings is 1. The monoisotopic (exact) mass is 272 g/mol. The van der Waals surface area contributed by atoms with E-state index < -0.39 is 11.7 Å². The summed E-state index contributed by atoms with van der Waals surface area (Å²) in [4.78, 5) is 11.5. The van der Waals surface area contributed by atoms with Gasteiger partial charge in [-0.15, -0.1) is 0 Å². The predicted octanol–water partition coefficient (Wildman–Crippen LogP) is 1.35. The second-order valence-electron chi connectivity index (χ2n) is 3.98. The molecular formula is C11H11F3N4O. The minimum Gasteiger partial charge on any atom is -0.398 e. The number of halogens is 3. The molecule has 0 atom stereocenters. The molecule has 0 fully saturated rings. The van der Waals surface area contributed by atoms with Crippen LogP contribution in [0.1, 0.15) is 5.56 Å². The molecule has 2 rings (SSSR count). The molecule has 2 aromatic heterocycles. The van der Waals surface area contributed by atoms with Gasteiger partial charge in [0, 0.05) is 30.7 Å². The fraction of sp³-hybridized carbons (Fsp3) is 0.273. The highest BCUT2D eigenvalue weighted by Crippen LogP contribution is 2.28. The van der Waals surface area contributed by atoms with Crippen LogP contribution in [0, 0.1) is 0 Å². The van der Waals surface area contributed by atoms with Gasteiger partial charge in [-0.05, 0) is 6.07 Å². The van der Waals surface area contributed by atoms with E-state index in [1.807, 2.05) is 0 Å². The largest absolute Gasteiger partial charge is 0.419 e. The fourth-order valence-electron chi connectivity index (χ4n) is 1.57. The lowest BCUT2D eigenvalue weighted by molar-refractivity contribution is -0.137. The first-order valence-corrected chi connectivity index (χ1v) is 5.42. The minimum absolute atomic E-state index is 0.152. The molecule has 0 aliphatic carbocycles. The second kappa shape index (κ2) is 4.79. The van der Waals surface area contributed by atoms with Gasteiger partial charge in [0.1, 0.15) is 0 Å². The van der Waals surface area contributed by atoms with Crippen LogP contribution in [0.4, 0.5) is 18.9 Å². The van der Waals surface area contributed by atoms with Crippen LogP contribution >= 0.6 is 0 Å². The lowest BCUT2D eigenvalue weighted by Crippen LogP contribution is -2.21. The Morgan fingerprint density at radius 1 is 1.21 bits per heavy atom. The third-order valence-electron chi connectivity index (χ3n) is 2.54. The molecular weight excluding hydrogens is 261 g/mol. The van der Waals surface area contributed by atoms with Crippen LogP contribution in [0.3, 0.4) is 0 Å². The van der Waals surface area contributed by atoms with E-state index in [1.165, 1.54) is 22.9 Å². The smallest absolute Gasteiger partial charge is 0.398 e. The van der Waals surface area contributed by atoms with Gasteiger partial charge in [-0.1, -0.05) is 0 Å². The van der Waals surface area contributed by atoms with Crippen LogP contribution in [-0.4, -0.2) is 14.3 Å². The molecule has 2 N–H and O–H groups in total. The summed E-state index contributed by atoms with van der Waals surface area (Å²) < 4.78 is 39.5. The van der Waals surface area contributed by atoms with Crippen molar-refractivity contribution in [3.05, 3.63) is 46.6 Å². The van der Waals surface area contributed by atoms with Crippen molar-refractivity contribution >= 4 is 5.69 Å². The Balaban J connectivity index is 2.09. The van der Waals surface area contributed by atoms with Crippen molar-refractivity contribution in [2.45, 2.75) is 19.3 Å². The van der Waals surface area contributed by atoms with E-state index in [4.69, 9.17) is 5.73 Å². The van der Waals surface area contributed by atoms with Crippen molar-refractivity contribution in [2.24, 2.45) is 0 Å². The summed E-state index contributed by atoms with van der Waals surface area (Å²) in [7, 11) is 0. The number of nitrogen functional groups attached to an aromatic ring is 1. The van der Waals surface area contributed by atoms with E-state index in [1.54, 1.807) is 0 Å². The maximum absolute atomic E-state index is 12.4. The zero-order valence-corrected chi connectivity index (χ0v) is 9.76. The van der Waals surface area contributed by atoms with Crippen LogP contribution < -0.4 is 11.3 Å². The Kier molecular flexibility index (Phi) is 3.32. The van der Waals surface area contributed by atoms with Crippen LogP contribution in [-0.2, 0) is 19.3 Å². The van der Waals surface area contributed by atoms with Gasteiger partial charge >= 0.3 is 6.18 Å². The highest BCUT2D eigenvalue weighted by atomic mass is 19.4. The van der Waals surface area contributed by atoms with Crippen molar-refractivity contribution in [1.29, 1.82) is 0 Å². The Morgan fingerprint density at radius 2 is 1.95 bits per heavy atom. The number of nitrogens with two attached hydrogens (primary N) is 1. The SMILES string of the molecule is Nc1ccc(=O)n(CCn2cc(C(F)(F)F)cn2)c1. The van der Waals surface area contributed by atoms with Gasteiger partial charge in [0.25, 0.3) is 5.56 Å². The van der Waals surface area contributed by atoms with Crippen molar-refractivity contribution in [1.82, 2.24) is 14.3 Å². The van der Waals surface area contributed by atoms with Gasteiger partial charge in [-0.25, -0.2) is 0 Å². The van der Waals surface area contributed by atoms with Crippen molar-refractivity contribution in [3.8, 4) is 0 Å². The van der Waals surface area contributed by atoms with Gasteiger partial charge in [0.05, 0.1) is 18.3 Å². The van der Waals surface area contributed by atoms with Crippen molar-refractivity contribution in [2.75, 3.05) is 5.73 Å². The van der Waals surface area contributed by atoms with Crippen molar-refractivity contribution < 1.29 is 13.2 Å². The standard InChI is InChI=1S/C11H11F3N4O/c12-11(13,14)8-5-16-18(6-8)4-3-17-7-9(15)1-2-10(17)19/h1-2,5-7H,3-4,15H2. The van der Waals surface area contributed by atoms with Gasteiger partial charge in [0.15, 0.2) is 0 Å². The molecule has 0 amide bonds. The summed E-state index contributed by atoms with van der Waals surface area (Å²) in [6, 6.07) is 2.77. The summed E-state index contributed by atoms with van der Waals surface area (Å²) >= 11 is 0. The maximum Gasteiger partial charge on any atom is 0.419 e. The number of anilines is 1. The van der Waals surface area contributed by atoms with E-state index in [-0.39, 0.29) is 18.6 Å². The molecule has 8 heteroatoms. The normalized spacial score (nSPS) is 11.7. The van der Waals surface area contributed by atoms with E-state index in [0.717, 1.165) is 17.1 Å². The first kappa shape index (κ1) is 13.2. The summed E-state index contributed by atoms with van der Waals surface area (Å²) in [5, 5.41) is 3.60. The lowest BCUT2D eigenvalue weighted by Gasteiger charge is -2.06. The third-order valence-corrected chi connectivity index (χ3v) is 2.54. The molecule has 5 nitrogen and oxygen atoms in total. The summed E-state index contributed by atoms with van der Waals surface area (Å²) in [5.74, 6) is 0. The molecule has 102 valence electrons. The first-order valence-electron chi connectivity index (χ1n) is 5.42. The molecule has 0 unspecified atom stereocenters. The first-order chi connectivity index (χ1) is 8.86. The maximum atomic E-state index is 12.4. The van der Waals surface area contributed by atoms with E-state index in [2.05, 4.69) is 5.10 Å². The lowest BCUT2D eigenvalue weighted by atomic mass is 10.3. The van der Waals surface area contributed by atoms with E-state index in [0.29, 0.717) is 5.69 Å². The highest BCUT2D eigenvalue weighted by molar-refractivity contribution is 5.33. The number of aryl methyl sites for hydroxylation is 2. The van der Waals surface area contributed by atoms with Crippen LogP contribution in [0.25, 0.3) is 0 Å². The van der Waals surface area contributed by atoms with E-state index >= 15 is 0 Å². The Labute approximate surface area is 106 Å². The van der Waals surface area contributed by atoms with E-state index in [9.17, 15) is 18.0 Å². The average Bonchev–Trinajstić information content (AvgIpc) is 2.79. The molecule has 0 radical (unpaired) electrons. The minimum atomic E-state index is -4.41. The average molecular weight is 272 g/mol. The number of hydrogen-bond donors (Lipinski definition) is 1. The van der Waals surface area contributed by atoms with Gasteiger partial charge in [-0.3, -0.25) is 9.48 Å². The number of nitrogens with zero attached hydrogens (tertiary/aromatic N) is 3. The zero-order chi connectivity index (χ0) is 14.0. The summed E-state index contributed by atoms with van der Waals surface area (Å²) in [6.07, 6.45) is -1.32. The molecule has 0 aliphatic heterocycles. The van der Waals surface area contributed by atoms with Gasteiger partial charge < -0.3 is 10.3 Å². The fourth-order valence-corrected chi connectivity index (χ4v) is 1.57. The second-order valence-corrected chi connectivity index (χ2v) is 3.98. The van der Waals surface area contributed by atoms with Crippen LogP contribution in [0.2, 0.25) is 0 Å². The highest BCUT2D eigenvalue weighted by Gasteiger charge is 2.32. The predicted molar refractivity (Wildman–Crippen MR) is 62.3 cm³/mol. The molecule has 0 spiro atoms. The van der Waals surface area contributed by atoms with Crippen molar-refractivity contribution in [3.63, 3.8) is 0 Å². The molecule has 19 heavy (non-hydrogen) atoms. The number of alkyl halides is 3. The number of aromatic nitrogens is 3. The molecule has 2 heterocycles. The molecule has 0 saturated heterocycles. The van der Waals surface area contributed by atoms with Crippen LogP contribution in [0.15, 0.2) is 35.5 Å². The van der Waals surface area contributed by atoms with Crippen LogP contribution in [0.5, 0.6) is 0 Å². The third kappa shape index (κ3) is 3.15. The molecule has 0 bridgehead atoms. The zero-order valence-electron chi connectivity index (χ0n) is 9.76. The molecule has 2 aromatic rings. The Hall–Kier alpha value is -2.25. The molecule has 0 aliphatic rings. The Morgan fingerprint density at radius 3 is 2.58 bits per heavy atom. The molecule has 0 saturated carbocycles.